The SMILES string of the molecule is N#CC(/C=C/c1ccccc1)=C(C#N)/C=C/n1c2ccccc2c2c(Oc3cccc4c3c3ccccc3n4-c3ccccc3)cccc21. The lowest BCUT2D eigenvalue weighted by atomic mass is 10.1. The number of para-hydroxylation sites is 3. The van der Waals surface area contributed by atoms with Crippen molar-refractivity contribution in [1.29, 1.82) is 10.5 Å². The Morgan fingerprint density at radius 1 is 0.510 bits per heavy atom. The van der Waals surface area contributed by atoms with Crippen molar-refractivity contribution in [3.8, 4) is 29.3 Å². The highest BCUT2D eigenvalue weighted by Crippen LogP contribution is 2.42. The van der Waals surface area contributed by atoms with Gasteiger partial charge in [0.05, 0.1) is 44.0 Å². The van der Waals surface area contributed by atoms with Gasteiger partial charge in [0, 0.05) is 22.7 Å². The number of ether oxygens (including phenoxy) is 1. The van der Waals surface area contributed by atoms with E-state index in [-0.39, 0.29) is 11.1 Å². The molecule has 0 saturated heterocycles. The van der Waals surface area contributed by atoms with Gasteiger partial charge < -0.3 is 13.9 Å². The van der Waals surface area contributed by atoms with E-state index in [9.17, 15) is 10.5 Å². The Hall–Kier alpha value is -7.08. The molecule has 49 heavy (non-hydrogen) atoms. The van der Waals surface area contributed by atoms with Crippen LogP contribution in [0.3, 0.4) is 0 Å². The Morgan fingerprint density at radius 3 is 1.73 bits per heavy atom. The van der Waals surface area contributed by atoms with E-state index in [1.807, 2.05) is 102 Å². The third-order valence-electron chi connectivity index (χ3n) is 8.75. The molecule has 0 unspecified atom stereocenters. The van der Waals surface area contributed by atoms with Crippen LogP contribution in [-0.2, 0) is 0 Å². The number of allylic oxidation sites excluding steroid dienone is 4. The Bertz CT molecular complexity index is 2700. The smallest absolute Gasteiger partial charge is 0.137 e. The fraction of sp³-hybridized carbons (Fsp3) is 0. The minimum absolute atomic E-state index is 0.273. The molecule has 0 saturated carbocycles. The quantitative estimate of drug-likeness (QED) is 0.130. The Kier molecular flexibility index (Phi) is 7.55. The number of fused-ring (bicyclic) bond motifs is 6. The summed E-state index contributed by atoms with van der Waals surface area (Å²) in [6.45, 7) is 0. The van der Waals surface area contributed by atoms with Crippen molar-refractivity contribution in [2.24, 2.45) is 0 Å². The predicted molar refractivity (Wildman–Crippen MR) is 199 cm³/mol. The van der Waals surface area contributed by atoms with Gasteiger partial charge in [-0.15, -0.1) is 0 Å². The molecule has 5 heteroatoms. The minimum atomic E-state index is 0.273. The van der Waals surface area contributed by atoms with Crippen LogP contribution in [0.5, 0.6) is 11.5 Å². The van der Waals surface area contributed by atoms with Crippen LogP contribution in [0.25, 0.3) is 61.6 Å². The molecule has 0 N–H and O–H groups in total. The maximum absolute atomic E-state index is 10.0. The molecule has 8 aromatic rings. The van der Waals surface area contributed by atoms with Gasteiger partial charge in [-0.2, -0.15) is 10.5 Å². The maximum atomic E-state index is 10.0. The van der Waals surface area contributed by atoms with Crippen LogP contribution in [0.1, 0.15) is 5.56 Å². The number of nitriles is 2. The maximum Gasteiger partial charge on any atom is 0.137 e. The molecule has 0 aliphatic heterocycles. The van der Waals surface area contributed by atoms with Crippen LogP contribution in [-0.4, -0.2) is 9.13 Å². The van der Waals surface area contributed by atoms with Crippen LogP contribution in [0.2, 0.25) is 0 Å². The van der Waals surface area contributed by atoms with Gasteiger partial charge >= 0.3 is 0 Å². The summed E-state index contributed by atoms with van der Waals surface area (Å²) >= 11 is 0. The van der Waals surface area contributed by atoms with Gasteiger partial charge in [0.1, 0.15) is 23.6 Å². The summed E-state index contributed by atoms with van der Waals surface area (Å²) in [6, 6.07) is 53.3. The van der Waals surface area contributed by atoms with E-state index in [2.05, 4.69) is 77.4 Å². The van der Waals surface area contributed by atoms with E-state index in [1.165, 1.54) is 0 Å². The zero-order valence-electron chi connectivity index (χ0n) is 26.4. The average molecular weight is 629 g/mol. The molecule has 0 radical (unpaired) electrons. The van der Waals surface area contributed by atoms with Crippen molar-refractivity contribution in [2.45, 2.75) is 0 Å². The van der Waals surface area contributed by atoms with Crippen molar-refractivity contribution in [2.75, 3.05) is 0 Å². The third kappa shape index (κ3) is 5.22. The van der Waals surface area contributed by atoms with Gasteiger partial charge in [-0.1, -0.05) is 103 Å². The van der Waals surface area contributed by atoms with Crippen LogP contribution < -0.4 is 4.74 Å². The summed E-state index contributed by atoms with van der Waals surface area (Å²) in [7, 11) is 0. The van der Waals surface area contributed by atoms with Crippen molar-refractivity contribution in [1.82, 2.24) is 9.13 Å². The topological polar surface area (TPSA) is 66.7 Å². The molecular formula is C44H28N4O. The first-order valence-electron chi connectivity index (χ1n) is 16.0. The molecule has 0 atom stereocenters. The number of hydrogen-bond acceptors (Lipinski definition) is 3. The summed E-state index contributed by atoms with van der Waals surface area (Å²) in [4.78, 5) is 0. The number of aromatic nitrogens is 2. The van der Waals surface area contributed by atoms with Crippen molar-refractivity contribution < 1.29 is 4.74 Å². The lowest BCUT2D eigenvalue weighted by molar-refractivity contribution is 0.495. The Labute approximate surface area is 283 Å². The Balaban J connectivity index is 1.26. The molecule has 2 heterocycles. The summed E-state index contributed by atoms with van der Waals surface area (Å²) < 4.78 is 11.2. The lowest BCUT2D eigenvalue weighted by Crippen LogP contribution is -1.93. The molecule has 8 rings (SSSR count). The summed E-state index contributed by atoms with van der Waals surface area (Å²) in [6.07, 6.45) is 7.08. The van der Waals surface area contributed by atoms with Crippen molar-refractivity contribution >= 4 is 55.9 Å². The van der Waals surface area contributed by atoms with Crippen LogP contribution >= 0.6 is 0 Å². The fourth-order valence-electron chi connectivity index (χ4n) is 6.57. The minimum Gasteiger partial charge on any atom is -0.456 e. The van der Waals surface area contributed by atoms with Gasteiger partial charge in [-0.3, -0.25) is 0 Å². The molecule has 5 nitrogen and oxygen atoms in total. The lowest BCUT2D eigenvalue weighted by Gasteiger charge is -2.11. The van der Waals surface area contributed by atoms with Crippen molar-refractivity contribution in [3.63, 3.8) is 0 Å². The van der Waals surface area contributed by atoms with Gasteiger partial charge in [0.2, 0.25) is 0 Å². The molecule has 0 aliphatic rings. The largest absolute Gasteiger partial charge is 0.456 e. The molecule has 230 valence electrons. The summed E-state index contributed by atoms with van der Waals surface area (Å²) in [5.41, 5.74) is 6.65. The summed E-state index contributed by atoms with van der Waals surface area (Å²) in [5, 5.41) is 24.1. The molecule has 6 aromatic carbocycles. The second-order valence-corrected chi connectivity index (χ2v) is 11.6. The highest BCUT2D eigenvalue weighted by Gasteiger charge is 2.19. The number of rotatable bonds is 7. The molecule has 0 amide bonds. The third-order valence-corrected chi connectivity index (χ3v) is 8.75. The fourth-order valence-corrected chi connectivity index (χ4v) is 6.57. The average Bonchev–Trinajstić information content (AvgIpc) is 3.67. The highest BCUT2D eigenvalue weighted by molar-refractivity contribution is 6.14. The normalized spacial score (nSPS) is 12.2. The first-order valence-corrected chi connectivity index (χ1v) is 16.0. The second-order valence-electron chi connectivity index (χ2n) is 11.6. The number of benzene rings is 6. The van der Waals surface area contributed by atoms with Gasteiger partial charge in [0.25, 0.3) is 0 Å². The van der Waals surface area contributed by atoms with Gasteiger partial charge in [-0.05, 0) is 66.2 Å². The molecular weight excluding hydrogens is 601 g/mol. The van der Waals surface area contributed by atoms with Gasteiger partial charge in [-0.25, -0.2) is 0 Å². The standard InChI is InChI=1S/C44H28N4O/c45-29-32(26-25-31-13-3-1-4-14-31)33(30-46)27-28-47-37-19-9-7-17-35(37)43-39(47)21-11-23-41(43)49-42-24-12-22-40-44(42)36-18-8-10-20-38(36)48(40)34-15-5-2-6-16-34/h1-28H/b26-25+,28-27+,33-32-. The number of hydrogen-bond donors (Lipinski definition) is 0. The monoisotopic (exact) mass is 628 g/mol. The van der Waals surface area contributed by atoms with Crippen LogP contribution in [0.15, 0.2) is 169 Å². The molecule has 2 aromatic heterocycles. The van der Waals surface area contributed by atoms with E-state index < -0.39 is 0 Å². The predicted octanol–water partition coefficient (Wildman–Crippen LogP) is 11.2. The van der Waals surface area contributed by atoms with E-state index in [0.29, 0.717) is 0 Å². The molecule has 0 spiro atoms. The molecule has 0 fully saturated rings. The second kappa shape index (κ2) is 12.6. The van der Waals surface area contributed by atoms with Crippen LogP contribution in [0, 0.1) is 22.7 Å². The summed E-state index contributed by atoms with van der Waals surface area (Å²) in [5.74, 6) is 1.49. The first-order chi connectivity index (χ1) is 24.2. The number of nitrogens with zero attached hydrogens (tertiary/aromatic N) is 4. The van der Waals surface area contributed by atoms with Crippen LogP contribution in [0.4, 0.5) is 0 Å². The zero-order valence-corrected chi connectivity index (χ0v) is 26.4. The van der Waals surface area contributed by atoms with E-state index in [0.717, 1.165) is 66.4 Å². The first kappa shape index (κ1) is 29.3. The van der Waals surface area contributed by atoms with Crippen molar-refractivity contribution in [3.05, 3.63) is 174 Å². The molecule has 0 aliphatic carbocycles. The molecule has 0 bridgehead atoms. The van der Waals surface area contributed by atoms with E-state index in [4.69, 9.17) is 4.74 Å². The van der Waals surface area contributed by atoms with E-state index in [1.54, 1.807) is 12.2 Å². The Morgan fingerprint density at radius 2 is 1.04 bits per heavy atom. The van der Waals surface area contributed by atoms with Gasteiger partial charge in [0.15, 0.2) is 0 Å². The van der Waals surface area contributed by atoms with E-state index >= 15 is 0 Å². The highest BCUT2D eigenvalue weighted by atomic mass is 16.5. The zero-order chi connectivity index (χ0) is 33.2.